The lowest BCUT2D eigenvalue weighted by Gasteiger charge is -2.39. The number of benzene rings is 1. The van der Waals surface area contributed by atoms with Gasteiger partial charge < -0.3 is 15.1 Å². The highest BCUT2D eigenvalue weighted by molar-refractivity contribution is 6.36. The van der Waals surface area contributed by atoms with Gasteiger partial charge in [0.15, 0.2) is 0 Å². The topological polar surface area (TPSA) is 31.4 Å². The van der Waals surface area contributed by atoms with Crippen molar-refractivity contribution in [2.75, 3.05) is 32.7 Å². The number of aryl methyl sites for hydroxylation is 1. The van der Waals surface area contributed by atoms with Crippen molar-refractivity contribution in [1.29, 1.82) is 0 Å². The monoisotopic (exact) mass is 410 g/mol. The largest absolute Gasteiger partial charge is 0.372 e. The van der Waals surface area contributed by atoms with Crippen LogP contribution in [0.1, 0.15) is 43.0 Å². The van der Waals surface area contributed by atoms with E-state index in [1.807, 2.05) is 0 Å². The molecule has 1 aliphatic heterocycles. The van der Waals surface area contributed by atoms with Crippen LogP contribution < -0.4 is 5.32 Å². The fraction of sp³-hybridized carbons (Fsp3) is 0.458. The van der Waals surface area contributed by atoms with Crippen LogP contribution in [0, 0.1) is 0 Å². The molecule has 1 fully saturated rings. The van der Waals surface area contributed by atoms with Crippen LogP contribution in [0.2, 0.25) is 5.02 Å². The Bertz CT molecular complexity index is 928. The highest BCUT2D eigenvalue weighted by atomic mass is 35.5. The summed E-state index contributed by atoms with van der Waals surface area (Å²) >= 11 is 6.73. The maximum atomic E-state index is 6.73. The average Bonchev–Trinajstić information content (AvgIpc) is 2.77. The summed E-state index contributed by atoms with van der Waals surface area (Å²) in [5.41, 5.74) is 5.63. The molecule has 2 aliphatic rings. The number of fused-ring (bicyclic) bond motifs is 2. The average molecular weight is 411 g/mol. The van der Waals surface area contributed by atoms with Crippen molar-refractivity contribution in [3.05, 3.63) is 59.0 Å². The van der Waals surface area contributed by atoms with E-state index in [-0.39, 0.29) is 0 Å². The van der Waals surface area contributed by atoms with Gasteiger partial charge in [0.05, 0.1) is 16.4 Å². The Balaban J connectivity index is 1.49. The van der Waals surface area contributed by atoms with Crippen LogP contribution in [0.3, 0.4) is 0 Å². The van der Waals surface area contributed by atoms with Gasteiger partial charge in [0, 0.05) is 49.5 Å². The molecule has 1 aromatic heterocycles. The predicted molar refractivity (Wildman–Crippen MR) is 123 cm³/mol. The molecule has 29 heavy (non-hydrogen) atoms. The van der Waals surface area contributed by atoms with Crippen molar-refractivity contribution < 1.29 is 0 Å². The minimum atomic E-state index is 0.897. The van der Waals surface area contributed by atoms with Crippen molar-refractivity contribution >= 4 is 28.2 Å². The van der Waals surface area contributed by atoms with Gasteiger partial charge in [-0.15, -0.1) is 0 Å². The van der Waals surface area contributed by atoms with E-state index >= 15 is 0 Å². The first-order valence-electron chi connectivity index (χ1n) is 10.8. The van der Waals surface area contributed by atoms with E-state index in [0.717, 1.165) is 85.0 Å². The van der Waals surface area contributed by atoms with Gasteiger partial charge >= 0.3 is 0 Å². The molecule has 5 heteroatoms. The molecule has 0 radical (unpaired) electrons. The number of aromatic nitrogens is 1. The first-order valence-corrected chi connectivity index (χ1v) is 11.2. The third kappa shape index (κ3) is 4.09. The van der Waals surface area contributed by atoms with Gasteiger partial charge in [0.25, 0.3) is 0 Å². The van der Waals surface area contributed by atoms with Gasteiger partial charge in [0.2, 0.25) is 0 Å². The van der Waals surface area contributed by atoms with Gasteiger partial charge in [-0.2, -0.15) is 0 Å². The van der Waals surface area contributed by atoms with Crippen LogP contribution >= 0.6 is 11.6 Å². The van der Waals surface area contributed by atoms with Gasteiger partial charge in [-0.05, 0) is 49.3 Å². The Hall–Kier alpha value is -2.20. The third-order valence-electron chi connectivity index (χ3n) is 6.15. The summed E-state index contributed by atoms with van der Waals surface area (Å²) in [4.78, 5) is 9.65. The van der Waals surface area contributed by atoms with Crippen LogP contribution in [-0.2, 0) is 12.8 Å². The molecule has 4 nitrogen and oxygen atoms in total. The third-order valence-corrected chi connectivity index (χ3v) is 6.58. The van der Waals surface area contributed by atoms with E-state index in [0.29, 0.717) is 0 Å². The normalized spacial score (nSPS) is 16.6. The molecular weight excluding hydrogens is 380 g/mol. The van der Waals surface area contributed by atoms with E-state index in [1.54, 1.807) is 0 Å². The van der Waals surface area contributed by atoms with Crippen molar-refractivity contribution in [2.24, 2.45) is 0 Å². The van der Waals surface area contributed by atoms with Gasteiger partial charge in [-0.25, -0.2) is 0 Å². The first-order chi connectivity index (χ1) is 14.1. The number of pyridine rings is 1. The van der Waals surface area contributed by atoms with Crippen LogP contribution in [-0.4, -0.2) is 47.5 Å². The van der Waals surface area contributed by atoms with Crippen molar-refractivity contribution in [3.63, 3.8) is 0 Å². The molecule has 2 heterocycles. The summed E-state index contributed by atoms with van der Waals surface area (Å²) in [6.07, 6.45) is 5.61. The van der Waals surface area contributed by atoms with Crippen LogP contribution in [0.15, 0.2) is 37.2 Å². The molecule has 0 amide bonds. The molecule has 0 unspecified atom stereocenters. The van der Waals surface area contributed by atoms with E-state index in [2.05, 4.69) is 53.4 Å². The molecule has 1 aromatic carbocycles. The molecule has 0 spiro atoms. The maximum Gasteiger partial charge on any atom is 0.0939 e. The zero-order chi connectivity index (χ0) is 20.4. The van der Waals surface area contributed by atoms with Crippen molar-refractivity contribution in [2.45, 2.75) is 39.0 Å². The van der Waals surface area contributed by atoms with Crippen LogP contribution in [0.4, 0.5) is 0 Å². The molecule has 4 rings (SSSR count). The molecule has 1 aliphatic carbocycles. The Morgan fingerprint density at radius 2 is 1.83 bits per heavy atom. The second kappa shape index (κ2) is 8.66. The maximum absolute atomic E-state index is 6.73. The van der Waals surface area contributed by atoms with Crippen molar-refractivity contribution in [1.82, 2.24) is 20.1 Å². The van der Waals surface area contributed by atoms with E-state index in [1.165, 1.54) is 24.1 Å². The molecule has 1 N–H and O–H groups in total. The zero-order valence-corrected chi connectivity index (χ0v) is 18.2. The number of nitrogens with one attached hydrogen (secondary N) is 1. The molecule has 2 aromatic rings. The van der Waals surface area contributed by atoms with E-state index in [4.69, 9.17) is 16.6 Å². The summed E-state index contributed by atoms with van der Waals surface area (Å²) < 4.78 is 0. The summed E-state index contributed by atoms with van der Waals surface area (Å²) in [6.45, 7) is 15.5. The van der Waals surface area contributed by atoms with Crippen LogP contribution in [0.5, 0.6) is 0 Å². The zero-order valence-electron chi connectivity index (χ0n) is 17.4. The summed E-state index contributed by atoms with van der Waals surface area (Å²) in [5, 5.41) is 5.36. The highest BCUT2D eigenvalue weighted by Gasteiger charge is 2.21. The Morgan fingerprint density at radius 1 is 1.10 bits per heavy atom. The molecule has 0 bridgehead atoms. The quantitative estimate of drug-likeness (QED) is 0.739. The lowest BCUT2D eigenvalue weighted by Crippen LogP contribution is -2.46. The minimum absolute atomic E-state index is 0.897. The number of halogens is 1. The summed E-state index contributed by atoms with van der Waals surface area (Å²) in [6, 6.07) is 6.42. The minimum Gasteiger partial charge on any atom is -0.372 e. The number of hydrogen-bond acceptors (Lipinski definition) is 4. The Kier molecular flexibility index (Phi) is 6.00. The SMILES string of the molecule is C=C(NCCC)N1CCN(C(=C)c2ccc3c(Cl)c4c(nc3c2)CCCC4)CC1. The fourth-order valence-corrected chi connectivity index (χ4v) is 4.72. The Morgan fingerprint density at radius 3 is 2.59 bits per heavy atom. The predicted octanol–water partition coefficient (Wildman–Crippen LogP) is 4.83. The molecule has 1 saturated heterocycles. The van der Waals surface area contributed by atoms with E-state index in [9.17, 15) is 0 Å². The van der Waals surface area contributed by atoms with E-state index < -0.39 is 0 Å². The number of nitrogens with zero attached hydrogens (tertiary/aromatic N) is 3. The second-order valence-electron chi connectivity index (χ2n) is 8.08. The van der Waals surface area contributed by atoms with Gasteiger partial charge in [-0.3, -0.25) is 4.98 Å². The number of rotatable bonds is 6. The molecule has 0 atom stereocenters. The summed E-state index contributed by atoms with van der Waals surface area (Å²) in [7, 11) is 0. The lowest BCUT2D eigenvalue weighted by molar-refractivity contribution is 0.204. The smallest absolute Gasteiger partial charge is 0.0939 e. The number of hydrogen-bond donors (Lipinski definition) is 1. The van der Waals surface area contributed by atoms with Gasteiger partial charge in [0.1, 0.15) is 0 Å². The van der Waals surface area contributed by atoms with Crippen molar-refractivity contribution in [3.8, 4) is 0 Å². The standard InChI is InChI=1S/C24H31ClN4/c1-4-11-26-18(3)29-14-12-28(13-15-29)17(2)19-9-10-21-23(16-19)27-22-8-6-5-7-20(22)24(21)25/h9-10,16,26H,2-8,11-15H2,1H3. The highest BCUT2D eigenvalue weighted by Crippen LogP contribution is 2.34. The molecule has 0 saturated carbocycles. The first kappa shape index (κ1) is 20.1. The molecular formula is C24H31ClN4. The number of piperazine rings is 1. The van der Waals surface area contributed by atoms with Crippen LogP contribution in [0.25, 0.3) is 16.6 Å². The fourth-order valence-electron chi connectivity index (χ4n) is 4.36. The van der Waals surface area contributed by atoms with Gasteiger partial charge in [-0.1, -0.05) is 43.8 Å². The summed E-state index contributed by atoms with van der Waals surface area (Å²) in [5.74, 6) is 1.03. The Labute approximate surface area is 179 Å². The second-order valence-corrected chi connectivity index (χ2v) is 8.46. The lowest BCUT2D eigenvalue weighted by atomic mass is 9.94. The molecule has 154 valence electrons.